The maximum Gasteiger partial charge on any atom is 0.407 e. The Morgan fingerprint density at radius 3 is 2.50 bits per heavy atom. The molecule has 0 aliphatic heterocycles. The van der Waals surface area contributed by atoms with Crippen molar-refractivity contribution in [3.63, 3.8) is 0 Å². The Labute approximate surface area is 130 Å². The van der Waals surface area contributed by atoms with Crippen LogP contribution in [0.15, 0.2) is 30.3 Å². The van der Waals surface area contributed by atoms with Crippen LogP contribution in [-0.4, -0.2) is 22.8 Å². The summed E-state index contributed by atoms with van der Waals surface area (Å²) < 4.78 is 5.35. The summed E-state index contributed by atoms with van der Waals surface area (Å²) in [5.74, 6) is 1.49. The zero-order chi connectivity index (χ0) is 15.2. The Balaban J connectivity index is 1.35. The number of carbonyl (C=O) groups excluding carboxylic acids is 1. The van der Waals surface area contributed by atoms with Crippen LogP contribution in [0.2, 0.25) is 0 Å². The van der Waals surface area contributed by atoms with E-state index in [0.717, 1.165) is 37.7 Å². The fraction of sp³-hybridized carbons (Fsp3) is 0.611. The van der Waals surface area contributed by atoms with Gasteiger partial charge in [0, 0.05) is 6.04 Å². The van der Waals surface area contributed by atoms with Crippen LogP contribution in [0.3, 0.4) is 0 Å². The van der Waals surface area contributed by atoms with Crippen molar-refractivity contribution >= 4 is 6.09 Å². The lowest BCUT2D eigenvalue weighted by atomic mass is 9.52. The standard InChI is InChI=1S/C18H23NO3/c20-17(22-11-12-4-2-1-3-5-12)19-16-14-6-13-7-15(16)10-18(21,8-13)9-14/h1-5,13-16,21H,6-11H2,(H,19,20)/t13?,14-,15+,16-,18-. The molecule has 4 heteroatoms. The quantitative estimate of drug-likeness (QED) is 0.902. The lowest BCUT2D eigenvalue weighted by molar-refractivity contribution is -0.137. The highest BCUT2D eigenvalue weighted by Crippen LogP contribution is 2.55. The summed E-state index contributed by atoms with van der Waals surface area (Å²) in [6, 6.07) is 9.91. The highest BCUT2D eigenvalue weighted by molar-refractivity contribution is 5.67. The van der Waals surface area contributed by atoms with Crippen LogP contribution in [0.5, 0.6) is 0 Å². The topological polar surface area (TPSA) is 58.6 Å². The average Bonchev–Trinajstić information content (AvgIpc) is 2.48. The number of hydrogen-bond donors (Lipinski definition) is 2. The van der Waals surface area contributed by atoms with Gasteiger partial charge in [-0.3, -0.25) is 0 Å². The number of ether oxygens (including phenoxy) is 1. The minimum Gasteiger partial charge on any atom is -0.445 e. The number of alkyl carbamates (subject to hydrolysis) is 1. The molecule has 4 nitrogen and oxygen atoms in total. The molecule has 22 heavy (non-hydrogen) atoms. The molecule has 0 radical (unpaired) electrons. The fourth-order valence-electron chi connectivity index (χ4n) is 5.12. The fourth-order valence-corrected chi connectivity index (χ4v) is 5.12. The second-order valence-corrected chi connectivity index (χ2v) is 7.43. The number of nitrogens with one attached hydrogen (secondary N) is 1. The molecule has 118 valence electrons. The van der Waals surface area contributed by atoms with E-state index in [4.69, 9.17) is 4.74 Å². The lowest BCUT2D eigenvalue weighted by Gasteiger charge is -2.57. The van der Waals surface area contributed by atoms with Crippen molar-refractivity contribution in [1.29, 1.82) is 0 Å². The summed E-state index contributed by atoms with van der Waals surface area (Å²) in [7, 11) is 0. The number of aliphatic hydroxyl groups is 1. The lowest BCUT2D eigenvalue weighted by Crippen LogP contribution is -2.61. The minimum absolute atomic E-state index is 0.181. The summed E-state index contributed by atoms with van der Waals surface area (Å²) >= 11 is 0. The van der Waals surface area contributed by atoms with Crippen molar-refractivity contribution in [2.24, 2.45) is 17.8 Å². The maximum atomic E-state index is 12.1. The average molecular weight is 301 g/mol. The molecule has 4 fully saturated rings. The molecule has 5 atom stereocenters. The largest absolute Gasteiger partial charge is 0.445 e. The van der Waals surface area contributed by atoms with E-state index in [0.29, 0.717) is 24.4 Å². The molecule has 5 rings (SSSR count). The summed E-state index contributed by atoms with van der Waals surface area (Å²) in [6.07, 6.45) is 4.59. The molecule has 0 spiro atoms. The molecular weight excluding hydrogens is 278 g/mol. The molecule has 1 aromatic carbocycles. The number of benzene rings is 1. The van der Waals surface area contributed by atoms with Gasteiger partial charge in [-0.15, -0.1) is 0 Å². The van der Waals surface area contributed by atoms with Crippen molar-refractivity contribution < 1.29 is 14.6 Å². The molecule has 2 N–H and O–H groups in total. The summed E-state index contributed by atoms with van der Waals surface area (Å²) in [5.41, 5.74) is 0.542. The third-order valence-corrected chi connectivity index (χ3v) is 5.74. The third-order valence-electron chi connectivity index (χ3n) is 5.74. The van der Waals surface area contributed by atoms with Gasteiger partial charge < -0.3 is 15.2 Å². The van der Waals surface area contributed by atoms with E-state index in [9.17, 15) is 9.90 Å². The highest BCUT2D eigenvalue weighted by Gasteiger charge is 2.55. The second-order valence-electron chi connectivity index (χ2n) is 7.43. The molecule has 1 amide bonds. The van der Waals surface area contributed by atoms with Crippen molar-refractivity contribution in [3.8, 4) is 0 Å². The number of rotatable bonds is 3. The Hall–Kier alpha value is -1.55. The predicted molar refractivity (Wildman–Crippen MR) is 82.1 cm³/mol. The van der Waals surface area contributed by atoms with Crippen molar-refractivity contribution in [3.05, 3.63) is 35.9 Å². The zero-order valence-electron chi connectivity index (χ0n) is 12.7. The Kier molecular flexibility index (Phi) is 3.37. The van der Waals surface area contributed by atoms with Crippen LogP contribution >= 0.6 is 0 Å². The van der Waals surface area contributed by atoms with Gasteiger partial charge in [-0.1, -0.05) is 30.3 Å². The van der Waals surface area contributed by atoms with Gasteiger partial charge in [0.2, 0.25) is 0 Å². The number of carbonyl (C=O) groups is 1. The SMILES string of the molecule is O=C(N[C@@H]1[C@@H]2CC3C[C@H]1C[C@@](O)(C3)C2)OCc1ccccc1. The maximum absolute atomic E-state index is 12.1. The van der Waals surface area contributed by atoms with E-state index >= 15 is 0 Å². The van der Waals surface area contributed by atoms with Gasteiger partial charge in [-0.25, -0.2) is 4.79 Å². The van der Waals surface area contributed by atoms with Crippen LogP contribution < -0.4 is 5.32 Å². The molecule has 1 unspecified atom stereocenters. The van der Waals surface area contributed by atoms with Gasteiger partial charge in [-0.2, -0.15) is 0 Å². The van der Waals surface area contributed by atoms with E-state index in [1.165, 1.54) is 0 Å². The molecule has 0 saturated heterocycles. The summed E-state index contributed by atoms with van der Waals surface area (Å²) in [6.45, 7) is 0.307. The van der Waals surface area contributed by atoms with Gasteiger partial charge in [0.15, 0.2) is 0 Å². The van der Waals surface area contributed by atoms with Gasteiger partial charge in [0.05, 0.1) is 5.60 Å². The molecule has 0 aromatic heterocycles. The van der Waals surface area contributed by atoms with Gasteiger partial charge in [0.1, 0.15) is 6.61 Å². The van der Waals surface area contributed by atoms with Gasteiger partial charge in [0.25, 0.3) is 0 Å². The Morgan fingerprint density at radius 1 is 1.18 bits per heavy atom. The monoisotopic (exact) mass is 301 g/mol. The zero-order valence-corrected chi connectivity index (χ0v) is 12.7. The van der Waals surface area contributed by atoms with Crippen molar-refractivity contribution in [2.75, 3.05) is 0 Å². The van der Waals surface area contributed by atoms with Crippen LogP contribution in [0.1, 0.15) is 37.7 Å². The first-order chi connectivity index (χ1) is 10.6. The molecule has 1 aromatic rings. The number of amides is 1. The molecule has 4 aliphatic carbocycles. The normalized spacial score (nSPS) is 38.8. The third kappa shape index (κ3) is 2.60. The van der Waals surface area contributed by atoms with Crippen LogP contribution in [0.4, 0.5) is 4.79 Å². The van der Waals surface area contributed by atoms with Gasteiger partial charge in [-0.05, 0) is 55.4 Å². The molecular formula is C18H23NO3. The van der Waals surface area contributed by atoms with Crippen LogP contribution in [0, 0.1) is 17.8 Å². The first kappa shape index (κ1) is 14.1. The molecule has 0 heterocycles. The van der Waals surface area contributed by atoms with Crippen molar-refractivity contribution in [2.45, 2.75) is 50.4 Å². The highest BCUT2D eigenvalue weighted by atomic mass is 16.5. The summed E-state index contributed by atoms with van der Waals surface area (Å²) in [5, 5.41) is 13.6. The molecule has 4 aliphatic rings. The van der Waals surface area contributed by atoms with E-state index in [1.807, 2.05) is 30.3 Å². The second kappa shape index (κ2) is 5.27. The molecule has 4 bridgehead atoms. The van der Waals surface area contributed by atoms with Gasteiger partial charge >= 0.3 is 6.09 Å². The van der Waals surface area contributed by atoms with E-state index in [1.54, 1.807) is 0 Å². The first-order valence-electron chi connectivity index (χ1n) is 8.31. The van der Waals surface area contributed by atoms with E-state index in [-0.39, 0.29) is 12.1 Å². The predicted octanol–water partition coefficient (Wildman–Crippen LogP) is 2.85. The minimum atomic E-state index is -0.456. The Bertz CT molecular complexity index is 543. The Morgan fingerprint density at radius 2 is 1.86 bits per heavy atom. The first-order valence-corrected chi connectivity index (χ1v) is 8.31. The van der Waals surface area contributed by atoms with E-state index in [2.05, 4.69) is 5.32 Å². The van der Waals surface area contributed by atoms with E-state index < -0.39 is 5.60 Å². The smallest absolute Gasteiger partial charge is 0.407 e. The molecule has 4 saturated carbocycles. The van der Waals surface area contributed by atoms with Crippen LogP contribution in [-0.2, 0) is 11.3 Å². The van der Waals surface area contributed by atoms with Crippen molar-refractivity contribution in [1.82, 2.24) is 5.32 Å². The number of hydrogen-bond acceptors (Lipinski definition) is 3. The summed E-state index contributed by atoms with van der Waals surface area (Å²) in [4.78, 5) is 12.1. The van der Waals surface area contributed by atoms with Crippen LogP contribution in [0.25, 0.3) is 0 Å².